The van der Waals surface area contributed by atoms with E-state index in [2.05, 4.69) is 22.3 Å². The molecule has 0 atom stereocenters. The molecule has 146 valence electrons. The minimum atomic E-state index is 0.0977. The lowest BCUT2D eigenvalue weighted by molar-refractivity contribution is 0.320. The zero-order chi connectivity index (χ0) is 20.1. The van der Waals surface area contributed by atoms with Crippen molar-refractivity contribution in [2.75, 3.05) is 6.61 Å². The van der Waals surface area contributed by atoms with Crippen molar-refractivity contribution in [2.45, 2.75) is 13.3 Å². The van der Waals surface area contributed by atoms with Gasteiger partial charge in [0.1, 0.15) is 22.9 Å². The average molecular weight is 386 g/mol. The fourth-order valence-electron chi connectivity index (χ4n) is 3.10. The van der Waals surface area contributed by atoms with E-state index >= 15 is 0 Å². The van der Waals surface area contributed by atoms with Gasteiger partial charge in [-0.2, -0.15) is 5.10 Å². The van der Waals surface area contributed by atoms with Crippen LogP contribution >= 0.6 is 0 Å². The minimum Gasteiger partial charge on any atom is -0.507 e. The van der Waals surface area contributed by atoms with Crippen molar-refractivity contribution in [3.63, 3.8) is 0 Å². The minimum absolute atomic E-state index is 0.0977. The lowest BCUT2D eigenvalue weighted by atomic mass is 10.1. The van der Waals surface area contributed by atoms with E-state index in [4.69, 9.17) is 9.47 Å². The number of phenolic OH excluding ortho intramolecular Hbond substituents is 1. The Kier molecular flexibility index (Phi) is 5.47. The number of rotatable bonds is 7. The van der Waals surface area contributed by atoms with E-state index in [1.165, 1.54) is 5.56 Å². The van der Waals surface area contributed by atoms with E-state index in [0.29, 0.717) is 35.1 Å². The highest BCUT2D eigenvalue weighted by atomic mass is 16.5. The van der Waals surface area contributed by atoms with Gasteiger partial charge in [-0.15, -0.1) is 0 Å². The van der Waals surface area contributed by atoms with Gasteiger partial charge in [-0.3, -0.25) is 5.10 Å². The molecule has 0 unspecified atom stereocenters. The number of aryl methyl sites for hydroxylation is 1. The van der Waals surface area contributed by atoms with Crippen molar-refractivity contribution in [2.24, 2.45) is 0 Å². The number of hydrogen-bond acceptors (Lipinski definition) is 4. The average Bonchev–Trinajstić information content (AvgIpc) is 3.17. The number of nitrogens with one attached hydrogen (secondary N) is 1. The number of ether oxygens (including phenoxy) is 2. The number of nitrogens with zero attached hydrogens (tertiary/aromatic N) is 1. The first-order valence-electron chi connectivity index (χ1n) is 9.47. The highest BCUT2D eigenvalue weighted by Crippen LogP contribution is 2.38. The standard InChI is InChI=1S/C24H22N2O3/c1-17-6-5-9-20(14-17)29-23-16-25-26-24(23)21-11-10-19(15-22(21)27)28-13-12-18-7-3-2-4-8-18/h2-11,14-16,27H,12-13H2,1H3,(H,25,26). The number of aromatic nitrogens is 2. The number of H-pyrrole nitrogens is 1. The first-order chi connectivity index (χ1) is 14.2. The second-order valence-electron chi connectivity index (χ2n) is 6.79. The Labute approximate surface area is 169 Å². The molecule has 2 N–H and O–H groups in total. The Morgan fingerprint density at radius 1 is 0.931 bits per heavy atom. The van der Waals surface area contributed by atoms with Crippen molar-refractivity contribution < 1.29 is 14.6 Å². The summed E-state index contributed by atoms with van der Waals surface area (Å²) in [5.41, 5.74) is 3.52. The topological polar surface area (TPSA) is 67.4 Å². The Balaban J connectivity index is 1.46. The number of phenols is 1. The van der Waals surface area contributed by atoms with Crippen LogP contribution in [0.2, 0.25) is 0 Å². The van der Waals surface area contributed by atoms with Crippen LogP contribution in [-0.2, 0) is 6.42 Å². The lowest BCUT2D eigenvalue weighted by Gasteiger charge is -2.10. The highest BCUT2D eigenvalue weighted by Gasteiger charge is 2.15. The first kappa shape index (κ1) is 18.6. The molecule has 0 saturated carbocycles. The third-order valence-corrected chi connectivity index (χ3v) is 4.56. The van der Waals surface area contributed by atoms with E-state index < -0.39 is 0 Å². The summed E-state index contributed by atoms with van der Waals surface area (Å²) in [7, 11) is 0. The maximum absolute atomic E-state index is 10.5. The van der Waals surface area contributed by atoms with Gasteiger partial charge in [-0.25, -0.2) is 0 Å². The molecule has 5 nitrogen and oxygen atoms in total. The predicted molar refractivity (Wildman–Crippen MR) is 113 cm³/mol. The Morgan fingerprint density at radius 3 is 2.59 bits per heavy atom. The van der Waals surface area contributed by atoms with Gasteiger partial charge in [-0.1, -0.05) is 42.5 Å². The molecule has 29 heavy (non-hydrogen) atoms. The van der Waals surface area contributed by atoms with Crippen LogP contribution in [0, 0.1) is 6.92 Å². The third-order valence-electron chi connectivity index (χ3n) is 4.56. The molecule has 4 rings (SSSR count). The lowest BCUT2D eigenvalue weighted by Crippen LogP contribution is -2.01. The largest absolute Gasteiger partial charge is 0.507 e. The van der Waals surface area contributed by atoms with Crippen molar-refractivity contribution in [3.8, 4) is 34.3 Å². The number of benzene rings is 3. The molecular formula is C24H22N2O3. The third kappa shape index (κ3) is 4.58. The molecule has 0 saturated heterocycles. The summed E-state index contributed by atoms with van der Waals surface area (Å²) in [6, 6.07) is 23.2. The Hall–Kier alpha value is -3.73. The van der Waals surface area contributed by atoms with Crippen molar-refractivity contribution in [1.82, 2.24) is 10.2 Å². The first-order valence-corrected chi connectivity index (χ1v) is 9.47. The van der Waals surface area contributed by atoms with Crippen LogP contribution in [0.15, 0.2) is 79.0 Å². The summed E-state index contributed by atoms with van der Waals surface area (Å²) in [4.78, 5) is 0. The molecule has 4 aromatic rings. The molecule has 0 fully saturated rings. The van der Waals surface area contributed by atoms with Crippen LogP contribution in [0.5, 0.6) is 23.0 Å². The zero-order valence-corrected chi connectivity index (χ0v) is 16.1. The molecule has 0 amide bonds. The SMILES string of the molecule is Cc1cccc(Oc2cn[nH]c2-c2ccc(OCCc3ccccc3)cc2O)c1. The second-order valence-corrected chi connectivity index (χ2v) is 6.79. The van der Waals surface area contributed by atoms with Crippen LogP contribution in [0.4, 0.5) is 0 Å². The second kappa shape index (κ2) is 8.52. The van der Waals surface area contributed by atoms with E-state index in [-0.39, 0.29) is 5.75 Å². The van der Waals surface area contributed by atoms with Gasteiger partial charge in [0.05, 0.1) is 12.8 Å². The smallest absolute Gasteiger partial charge is 0.173 e. The van der Waals surface area contributed by atoms with Gasteiger partial charge in [-0.05, 0) is 42.3 Å². The summed E-state index contributed by atoms with van der Waals surface area (Å²) in [6.07, 6.45) is 2.40. The van der Waals surface area contributed by atoms with Gasteiger partial charge in [0.25, 0.3) is 0 Å². The number of aromatic amines is 1. The summed E-state index contributed by atoms with van der Waals surface area (Å²) in [6.45, 7) is 2.54. The summed E-state index contributed by atoms with van der Waals surface area (Å²) < 4.78 is 11.7. The van der Waals surface area contributed by atoms with Crippen LogP contribution in [0.1, 0.15) is 11.1 Å². The zero-order valence-electron chi connectivity index (χ0n) is 16.1. The van der Waals surface area contributed by atoms with Crippen LogP contribution < -0.4 is 9.47 Å². The molecule has 1 heterocycles. The van der Waals surface area contributed by atoms with Crippen LogP contribution in [-0.4, -0.2) is 21.9 Å². The molecule has 3 aromatic carbocycles. The van der Waals surface area contributed by atoms with Gasteiger partial charge < -0.3 is 14.6 Å². The maximum Gasteiger partial charge on any atom is 0.173 e. The van der Waals surface area contributed by atoms with E-state index in [0.717, 1.165) is 12.0 Å². The number of hydrogen-bond donors (Lipinski definition) is 2. The quantitative estimate of drug-likeness (QED) is 0.440. The molecule has 5 heteroatoms. The Morgan fingerprint density at radius 2 is 1.79 bits per heavy atom. The fourth-order valence-corrected chi connectivity index (χ4v) is 3.10. The number of aromatic hydroxyl groups is 1. The van der Waals surface area contributed by atoms with Gasteiger partial charge in [0, 0.05) is 18.1 Å². The summed E-state index contributed by atoms with van der Waals surface area (Å²) in [5.74, 6) is 1.97. The molecule has 0 aliphatic heterocycles. The van der Waals surface area contributed by atoms with E-state index in [1.54, 1.807) is 18.3 Å². The van der Waals surface area contributed by atoms with Gasteiger partial charge in [0.2, 0.25) is 0 Å². The van der Waals surface area contributed by atoms with E-state index in [1.807, 2.05) is 55.5 Å². The predicted octanol–water partition coefficient (Wildman–Crippen LogP) is 5.50. The normalized spacial score (nSPS) is 10.7. The molecule has 0 radical (unpaired) electrons. The summed E-state index contributed by atoms with van der Waals surface area (Å²) >= 11 is 0. The van der Waals surface area contributed by atoms with Gasteiger partial charge in [0.15, 0.2) is 5.75 Å². The summed E-state index contributed by atoms with van der Waals surface area (Å²) in [5, 5.41) is 17.5. The van der Waals surface area contributed by atoms with Crippen molar-refractivity contribution in [1.29, 1.82) is 0 Å². The highest BCUT2D eigenvalue weighted by molar-refractivity contribution is 5.73. The molecule has 1 aromatic heterocycles. The monoisotopic (exact) mass is 386 g/mol. The Bertz CT molecular complexity index is 1090. The maximum atomic E-state index is 10.5. The van der Waals surface area contributed by atoms with Crippen molar-refractivity contribution in [3.05, 3.63) is 90.1 Å². The fraction of sp³-hybridized carbons (Fsp3) is 0.125. The van der Waals surface area contributed by atoms with Crippen LogP contribution in [0.25, 0.3) is 11.3 Å². The molecule has 0 aliphatic carbocycles. The molecule has 0 bridgehead atoms. The molecule has 0 aliphatic rings. The molecular weight excluding hydrogens is 364 g/mol. The van der Waals surface area contributed by atoms with Crippen LogP contribution in [0.3, 0.4) is 0 Å². The molecule has 0 spiro atoms. The van der Waals surface area contributed by atoms with E-state index in [9.17, 15) is 5.11 Å². The van der Waals surface area contributed by atoms with Gasteiger partial charge >= 0.3 is 0 Å². The van der Waals surface area contributed by atoms with Crippen molar-refractivity contribution >= 4 is 0 Å².